The van der Waals surface area contributed by atoms with Gasteiger partial charge in [-0.05, 0) is 32.0 Å². The summed E-state index contributed by atoms with van der Waals surface area (Å²) in [6.45, 7) is 7.83. The molecule has 1 aromatic rings. The zero-order valence-electron chi connectivity index (χ0n) is 13.2. The number of hydrogen-bond acceptors (Lipinski definition) is 3. The van der Waals surface area contributed by atoms with Crippen LogP contribution in [0.2, 0.25) is 5.02 Å². The van der Waals surface area contributed by atoms with E-state index in [1.165, 1.54) is 22.5 Å². The van der Waals surface area contributed by atoms with Crippen molar-refractivity contribution >= 4 is 33.2 Å². The topological polar surface area (TPSA) is 66.5 Å². The van der Waals surface area contributed by atoms with Crippen molar-refractivity contribution < 1.29 is 13.2 Å². The highest BCUT2D eigenvalue weighted by molar-refractivity contribution is 7.89. The van der Waals surface area contributed by atoms with Crippen LogP contribution in [0.3, 0.4) is 0 Å². The Morgan fingerprint density at radius 1 is 1.27 bits per heavy atom. The Balaban J connectivity index is 3.20. The van der Waals surface area contributed by atoms with Gasteiger partial charge < -0.3 is 5.32 Å². The molecule has 7 heteroatoms. The molecule has 0 unspecified atom stereocenters. The Morgan fingerprint density at radius 3 is 2.36 bits per heavy atom. The molecule has 1 amide bonds. The van der Waals surface area contributed by atoms with E-state index in [2.05, 4.69) is 5.32 Å². The summed E-state index contributed by atoms with van der Waals surface area (Å²) < 4.78 is 26.4. The van der Waals surface area contributed by atoms with Crippen LogP contribution >= 0.6 is 11.6 Å². The van der Waals surface area contributed by atoms with Gasteiger partial charge in [0.2, 0.25) is 15.9 Å². The minimum absolute atomic E-state index is 0.00660. The van der Waals surface area contributed by atoms with E-state index in [1.54, 1.807) is 33.8 Å². The fourth-order valence-electron chi connectivity index (χ4n) is 1.92. The Kier molecular flexibility index (Phi) is 6.59. The van der Waals surface area contributed by atoms with Crippen molar-refractivity contribution in [2.75, 3.05) is 18.4 Å². The van der Waals surface area contributed by atoms with E-state index < -0.39 is 10.0 Å². The minimum atomic E-state index is -3.68. The van der Waals surface area contributed by atoms with Crippen LogP contribution in [0.15, 0.2) is 34.7 Å². The first-order valence-corrected chi connectivity index (χ1v) is 8.79. The summed E-state index contributed by atoms with van der Waals surface area (Å²) in [5.41, 5.74) is 1.24. The Bertz CT molecular complexity index is 676. The molecule has 0 aliphatic carbocycles. The van der Waals surface area contributed by atoms with Gasteiger partial charge in [0.05, 0.1) is 5.02 Å². The van der Waals surface area contributed by atoms with Gasteiger partial charge >= 0.3 is 0 Å². The number of hydrogen-bond donors (Lipinski definition) is 1. The van der Waals surface area contributed by atoms with Gasteiger partial charge in [0.15, 0.2) is 0 Å². The van der Waals surface area contributed by atoms with E-state index in [1.807, 2.05) is 0 Å². The fraction of sp³-hybridized carbons (Fsp3) is 0.400. The van der Waals surface area contributed by atoms with Gasteiger partial charge in [-0.2, -0.15) is 4.31 Å². The largest absolute Gasteiger partial charge is 0.322 e. The SMILES string of the molecule is CCN(CC)S(=O)(=O)c1cc(NC(=O)C=C(C)C)ccc1Cl. The number of halogens is 1. The lowest BCUT2D eigenvalue weighted by Crippen LogP contribution is -2.30. The smallest absolute Gasteiger partial charge is 0.248 e. The highest BCUT2D eigenvalue weighted by Crippen LogP contribution is 2.27. The van der Waals surface area contributed by atoms with Crippen molar-refractivity contribution in [1.82, 2.24) is 4.31 Å². The number of nitrogens with zero attached hydrogens (tertiary/aromatic N) is 1. The summed E-state index contributed by atoms with van der Waals surface area (Å²) in [7, 11) is -3.68. The average molecular weight is 345 g/mol. The van der Waals surface area contributed by atoms with Crippen LogP contribution in [0.5, 0.6) is 0 Å². The molecule has 5 nitrogen and oxygen atoms in total. The molecule has 0 aliphatic heterocycles. The molecule has 0 bridgehead atoms. The van der Waals surface area contributed by atoms with Crippen LogP contribution < -0.4 is 5.32 Å². The molecule has 1 rings (SSSR count). The maximum absolute atomic E-state index is 12.5. The number of allylic oxidation sites excluding steroid dienone is 1. The first kappa shape index (κ1) is 18.7. The van der Waals surface area contributed by atoms with E-state index in [0.717, 1.165) is 5.57 Å². The van der Waals surface area contributed by atoms with Crippen LogP contribution in [0.1, 0.15) is 27.7 Å². The van der Waals surface area contributed by atoms with Gasteiger partial charge in [-0.15, -0.1) is 0 Å². The standard InChI is InChI=1S/C15H21ClN2O3S/c1-5-18(6-2)22(20,21)14-10-12(7-8-13(14)16)17-15(19)9-11(3)4/h7-10H,5-6H2,1-4H3,(H,17,19). The fourth-order valence-corrected chi connectivity index (χ4v) is 3.88. The van der Waals surface area contributed by atoms with Gasteiger partial charge in [0.25, 0.3) is 0 Å². The minimum Gasteiger partial charge on any atom is -0.322 e. The summed E-state index contributed by atoms with van der Waals surface area (Å²) >= 11 is 6.03. The van der Waals surface area contributed by atoms with Gasteiger partial charge in [0.1, 0.15) is 4.90 Å². The second-order valence-corrected chi connectivity index (χ2v) is 7.26. The van der Waals surface area contributed by atoms with Gasteiger partial charge in [-0.25, -0.2) is 8.42 Å². The lowest BCUT2D eigenvalue weighted by molar-refractivity contribution is -0.111. The number of sulfonamides is 1. The zero-order chi connectivity index (χ0) is 16.9. The lowest BCUT2D eigenvalue weighted by Gasteiger charge is -2.19. The molecule has 122 valence electrons. The summed E-state index contributed by atoms with van der Waals surface area (Å²) in [6, 6.07) is 4.42. The Labute approximate surface area is 137 Å². The lowest BCUT2D eigenvalue weighted by atomic mass is 10.3. The Morgan fingerprint density at radius 2 is 1.86 bits per heavy atom. The Hall–Kier alpha value is -1.37. The first-order valence-electron chi connectivity index (χ1n) is 6.98. The molecule has 22 heavy (non-hydrogen) atoms. The number of rotatable bonds is 6. The quantitative estimate of drug-likeness (QED) is 0.805. The van der Waals surface area contributed by atoms with Crippen molar-refractivity contribution in [2.45, 2.75) is 32.6 Å². The maximum Gasteiger partial charge on any atom is 0.248 e. The molecular weight excluding hydrogens is 324 g/mol. The highest BCUT2D eigenvalue weighted by Gasteiger charge is 2.24. The van der Waals surface area contributed by atoms with Crippen molar-refractivity contribution in [3.05, 3.63) is 34.9 Å². The molecule has 0 saturated heterocycles. The summed E-state index contributed by atoms with van der Waals surface area (Å²) in [6.07, 6.45) is 1.44. The number of nitrogens with one attached hydrogen (secondary N) is 1. The number of carbonyl (C=O) groups is 1. The van der Waals surface area contributed by atoms with Crippen molar-refractivity contribution in [3.63, 3.8) is 0 Å². The third kappa shape index (κ3) is 4.56. The average Bonchev–Trinajstić information content (AvgIpc) is 2.40. The summed E-state index contributed by atoms with van der Waals surface area (Å²) in [4.78, 5) is 11.7. The molecule has 0 spiro atoms. The molecule has 0 aliphatic rings. The van der Waals surface area contributed by atoms with Gasteiger partial charge in [0, 0.05) is 24.9 Å². The molecule has 1 N–H and O–H groups in total. The van der Waals surface area contributed by atoms with Gasteiger partial charge in [-0.3, -0.25) is 4.79 Å². The second kappa shape index (κ2) is 7.76. The maximum atomic E-state index is 12.5. The third-order valence-corrected chi connectivity index (χ3v) is 5.47. The van der Waals surface area contributed by atoms with Crippen molar-refractivity contribution in [1.29, 1.82) is 0 Å². The molecule has 0 radical (unpaired) electrons. The summed E-state index contributed by atoms with van der Waals surface area (Å²) in [5.74, 6) is -0.312. The zero-order valence-corrected chi connectivity index (χ0v) is 14.8. The highest BCUT2D eigenvalue weighted by atomic mass is 35.5. The third-order valence-electron chi connectivity index (χ3n) is 2.94. The molecular formula is C15H21ClN2O3S. The number of anilines is 1. The number of carbonyl (C=O) groups excluding carboxylic acids is 1. The van der Waals surface area contributed by atoms with Crippen LogP contribution in [-0.4, -0.2) is 31.7 Å². The van der Waals surface area contributed by atoms with E-state index in [-0.39, 0.29) is 15.8 Å². The molecule has 0 fully saturated rings. The summed E-state index contributed by atoms with van der Waals surface area (Å²) in [5, 5.41) is 2.76. The van der Waals surface area contributed by atoms with E-state index in [0.29, 0.717) is 18.8 Å². The number of benzene rings is 1. The van der Waals surface area contributed by atoms with E-state index in [4.69, 9.17) is 11.6 Å². The molecule has 0 aromatic heterocycles. The first-order chi connectivity index (χ1) is 10.2. The molecule has 0 heterocycles. The predicted molar refractivity (Wildman–Crippen MR) is 89.6 cm³/mol. The number of amides is 1. The molecule has 1 aromatic carbocycles. The second-order valence-electron chi connectivity index (χ2n) is 4.95. The van der Waals surface area contributed by atoms with Crippen LogP contribution in [-0.2, 0) is 14.8 Å². The van der Waals surface area contributed by atoms with Crippen LogP contribution in [0.4, 0.5) is 5.69 Å². The van der Waals surface area contributed by atoms with Crippen molar-refractivity contribution in [3.8, 4) is 0 Å². The van der Waals surface area contributed by atoms with Crippen LogP contribution in [0.25, 0.3) is 0 Å². The van der Waals surface area contributed by atoms with Gasteiger partial charge in [-0.1, -0.05) is 31.0 Å². The van der Waals surface area contributed by atoms with E-state index >= 15 is 0 Å². The molecule has 0 saturated carbocycles. The molecule has 0 atom stereocenters. The van der Waals surface area contributed by atoms with E-state index in [9.17, 15) is 13.2 Å². The monoisotopic (exact) mass is 344 g/mol. The van der Waals surface area contributed by atoms with Crippen molar-refractivity contribution in [2.24, 2.45) is 0 Å². The van der Waals surface area contributed by atoms with Crippen LogP contribution in [0, 0.1) is 0 Å². The predicted octanol–water partition coefficient (Wildman–Crippen LogP) is 3.28. The normalized spacial score (nSPS) is 11.4.